The third-order valence-electron chi connectivity index (χ3n) is 4.25. The first kappa shape index (κ1) is 21.9. The van der Waals surface area contributed by atoms with Gasteiger partial charge in [0.25, 0.3) is 0 Å². The number of carbonyl (C=O) groups is 1. The van der Waals surface area contributed by atoms with Gasteiger partial charge in [-0.15, -0.1) is 0 Å². The smallest absolute Gasteiger partial charge is 0.390 e. The number of benzene rings is 2. The molecule has 3 rings (SSSR count). The van der Waals surface area contributed by atoms with Crippen molar-refractivity contribution in [3.8, 4) is 0 Å². The Kier molecular flexibility index (Phi) is 6.84. The highest BCUT2D eigenvalue weighted by Gasteiger charge is 2.30. The van der Waals surface area contributed by atoms with Gasteiger partial charge in [0, 0.05) is 18.4 Å². The zero-order chi connectivity index (χ0) is 21.7. The summed E-state index contributed by atoms with van der Waals surface area (Å²) in [6.45, 7) is 2.32. The lowest BCUT2D eigenvalue weighted by molar-refractivity contribution is -0.137. The molecule has 0 saturated heterocycles. The van der Waals surface area contributed by atoms with E-state index in [4.69, 9.17) is 0 Å². The van der Waals surface area contributed by atoms with Crippen molar-refractivity contribution in [3.63, 3.8) is 0 Å². The molecule has 1 heterocycles. The Morgan fingerprint density at radius 2 is 1.80 bits per heavy atom. The van der Waals surface area contributed by atoms with E-state index >= 15 is 0 Å². The standard InChI is InChI=1S/C21H20F3N3O2S/c1-14-2-4-15(5-3-14)10-27-11-18(12-28)26-20(27)30-13-19(29)25-17-8-6-16(7-9-17)21(22,23)24/h2-9,11,28H,10,12-13H2,1H3,(H,25,29). The van der Waals surface area contributed by atoms with Gasteiger partial charge in [0.05, 0.1) is 23.6 Å². The van der Waals surface area contributed by atoms with Crippen molar-refractivity contribution in [2.24, 2.45) is 0 Å². The molecule has 0 spiro atoms. The monoisotopic (exact) mass is 435 g/mol. The largest absolute Gasteiger partial charge is 0.416 e. The molecule has 9 heteroatoms. The normalized spacial score (nSPS) is 11.5. The van der Waals surface area contributed by atoms with Crippen molar-refractivity contribution in [2.75, 3.05) is 11.1 Å². The van der Waals surface area contributed by atoms with Crippen LogP contribution in [-0.2, 0) is 24.1 Å². The highest BCUT2D eigenvalue weighted by atomic mass is 32.2. The Balaban J connectivity index is 1.62. The molecule has 1 amide bonds. The van der Waals surface area contributed by atoms with Crippen molar-refractivity contribution in [2.45, 2.75) is 31.4 Å². The van der Waals surface area contributed by atoms with Gasteiger partial charge in [-0.2, -0.15) is 13.2 Å². The fourth-order valence-corrected chi connectivity index (χ4v) is 3.51. The van der Waals surface area contributed by atoms with Gasteiger partial charge in [-0.25, -0.2) is 4.98 Å². The zero-order valence-electron chi connectivity index (χ0n) is 16.1. The second-order valence-corrected chi connectivity index (χ2v) is 7.64. The van der Waals surface area contributed by atoms with Crippen LogP contribution in [0.4, 0.5) is 18.9 Å². The predicted octanol–water partition coefficient (Wildman–Crippen LogP) is 4.48. The van der Waals surface area contributed by atoms with E-state index in [1.807, 2.05) is 35.8 Å². The predicted molar refractivity (Wildman–Crippen MR) is 109 cm³/mol. The molecular weight excluding hydrogens is 415 g/mol. The molecule has 0 aliphatic carbocycles. The fraction of sp³-hybridized carbons (Fsp3) is 0.238. The number of nitrogens with zero attached hydrogens (tertiary/aromatic N) is 2. The van der Waals surface area contributed by atoms with Crippen molar-refractivity contribution in [1.29, 1.82) is 0 Å². The van der Waals surface area contributed by atoms with E-state index in [-0.39, 0.29) is 24.0 Å². The first-order valence-corrected chi connectivity index (χ1v) is 10.1. The zero-order valence-corrected chi connectivity index (χ0v) is 16.9. The van der Waals surface area contributed by atoms with Crippen LogP contribution in [0.5, 0.6) is 0 Å². The molecule has 0 aliphatic heterocycles. The fourth-order valence-electron chi connectivity index (χ4n) is 2.72. The molecule has 0 fully saturated rings. The van der Waals surface area contributed by atoms with Gasteiger partial charge < -0.3 is 15.0 Å². The Bertz CT molecular complexity index is 1000. The number of nitrogens with one attached hydrogen (secondary N) is 1. The molecule has 0 radical (unpaired) electrons. The van der Waals surface area contributed by atoms with Crippen LogP contribution in [0.3, 0.4) is 0 Å². The van der Waals surface area contributed by atoms with Gasteiger partial charge in [-0.05, 0) is 36.8 Å². The number of hydrogen-bond donors (Lipinski definition) is 2. The number of aryl methyl sites for hydroxylation is 1. The molecule has 0 aliphatic rings. The van der Waals surface area contributed by atoms with Crippen LogP contribution in [0.2, 0.25) is 0 Å². The topological polar surface area (TPSA) is 67.1 Å². The van der Waals surface area contributed by atoms with Crippen molar-refractivity contribution in [1.82, 2.24) is 9.55 Å². The van der Waals surface area contributed by atoms with Gasteiger partial charge in [0.2, 0.25) is 5.91 Å². The van der Waals surface area contributed by atoms with Crippen LogP contribution in [-0.4, -0.2) is 26.3 Å². The summed E-state index contributed by atoms with van der Waals surface area (Å²) in [5.74, 6) is -0.341. The second-order valence-electron chi connectivity index (χ2n) is 6.70. The Labute approximate surface area is 175 Å². The lowest BCUT2D eigenvalue weighted by atomic mass is 10.1. The molecule has 2 N–H and O–H groups in total. The number of halogens is 3. The van der Waals surface area contributed by atoms with Crippen LogP contribution in [0.15, 0.2) is 59.9 Å². The SMILES string of the molecule is Cc1ccc(Cn2cc(CO)nc2SCC(=O)Nc2ccc(C(F)(F)F)cc2)cc1. The number of alkyl halides is 3. The highest BCUT2D eigenvalue weighted by molar-refractivity contribution is 7.99. The van der Waals surface area contributed by atoms with E-state index in [0.717, 1.165) is 23.3 Å². The number of thioether (sulfide) groups is 1. The van der Waals surface area contributed by atoms with E-state index in [9.17, 15) is 23.1 Å². The summed E-state index contributed by atoms with van der Waals surface area (Å²) in [6.07, 6.45) is -2.69. The van der Waals surface area contributed by atoms with Crippen LogP contribution in [0, 0.1) is 6.92 Å². The molecule has 5 nitrogen and oxygen atoms in total. The van der Waals surface area contributed by atoms with E-state index < -0.39 is 11.7 Å². The first-order chi connectivity index (χ1) is 14.2. The van der Waals surface area contributed by atoms with Crippen LogP contribution in [0.1, 0.15) is 22.4 Å². The van der Waals surface area contributed by atoms with E-state index in [1.165, 1.54) is 23.9 Å². The Morgan fingerprint density at radius 1 is 1.13 bits per heavy atom. The minimum absolute atomic E-state index is 0.0246. The van der Waals surface area contributed by atoms with Crippen LogP contribution < -0.4 is 5.32 Å². The van der Waals surface area contributed by atoms with Gasteiger partial charge in [0.15, 0.2) is 5.16 Å². The molecule has 0 saturated carbocycles. The van der Waals surface area contributed by atoms with E-state index in [2.05, 4.69) is 10.3 Å². The lowest BCUT2D eigenvalue weighted by Crippen LogP contribution is -2.15. The summed E-state index contributed by atoms with van der Waals surface area (Å²) in [6, 6.07) is 12.3. The summed E-state index contributed by atoms with van der Waals surface area (Å²) < 4.78 is 39.7. The Hall–Kier alpha value is -2.78. The van der Waals surface area contributed by atoms with E-state index in [1.54, 1.807) is 6.20 Å². The molecule has 2 aromatic carbocycles. The molecular formula is C21H20F3N3O2S. The van der Waals surface area contributed by atoms with Crippen molar-refractivity contribution in [3.05, 3.63) is 77.1 Å². The van der Waals surface area contributed by atoms with Crippen LogP contribution in [0.25, 0.3) is 0 Å². The lowest BCUT2D eigenvalue weighted by Gasteiger charge is -2.10. The number of amides is 1. The van der Waals surface area contributed by atoms with Crippen LogP contribution >= 0.6 is 11.8 Å². The average Bonchev–Trinajstić information content (AvgIpc) is 3.10. The first-order valence-electron chi connectivity index (χ1n) is 9.07. The number of imidazole rings is 1. The molecule has 0 atom stereocenters. The minimum Gasteiger partial charge on any atom is -0.390 e. The van der Waals surface area contributed by atoms with Gasteiger partial charge in [-0.3, -0.25) is 4.79 Å². The average molecular weight is 435 g/mol. The summed E-state index contributed by atoms with van der Waals surface area (Å²) in [5, 5.41) is 12.5. The van der Waals surface area contributed by atoms with Gasteiger partial charge in [0.1, 0.15) is 0 Å². The number of anilines is 1. The van der Waals surface area contributed by atoms with E-state index in [0.29, 0.717) is 17.4 Å². The minimum atomic E-state index is -4.42. The van der Waals surface area contributed by atoms with Crippen molar-refractivity contribution >= 4 is 23.4 Å². The molecule has 3 aromatic rings. The highest BCUT2D eigenvalue weighted by Crippen LogP contribution is 2.30. The molecule has 158 valence electrons. The maximum atomic E-state index is 12.6. The number of aromatic nitrogens is 2. The number of rotatable bonds is 7. The summed E-state index contributed by atoms with van der Waals surface area (Å²) in [7, 11) is 0. The number of aliphatic hydroxyl groups excluding tert-OH is 1. The van der Waals surface area contributed by atoms with Gasteiger partial charge in [-0.1, -0.05) is 41.6 Å². The number of carbonyl (C=O) groups excluding carboxylic acids is 1. The third kappa shape index (κ3) is 5.87. The number of aliphatic hydroxyl groups is 1. The maximum absolute atomic E-state index is 12.6. The number of hydrogen-bond acceptors (Lipinski definition) is 4. The second kappa shape index (κ2) is 9.36. The van der Waals surface area contributed by atoms with Crippen molar-refractivity contribution < 1.29 is 23.1 Å². The molecule has 0 unspecified atom stereocenters. The molecule has 0 bridgehead atoms. The Morgan fingerprint density at radius 3 is 2.40 bits per heavy atom. The molecule has 1 aromatic heterocycles. The summed E-state index contributed by atoms with van der Waals surface area (Å²) in [5.41, 5.74) is 2.21. The quantitative estimate of drug-likeness (QED) is 0.537. The third-order valence-corrected chi connectivity index (χ3v) is 5.24. The maximum Gasteiger partial charge on any atom is 0.416 e. The summed E-state index contributed by atoms with van der Waals surface area (Å²) in [4.78, 5) is 16.5. The van der Waals surface area contributed by atoms with Gasteiger partial charge >= 0.3 is 6.18 Å². The molecule has 30 heavy (non-hydrogen) atoms. The summed E-state index contributed by atoms with van der Waals surface area (Å²) >= 11 is 1.19.